The summed E-state index contributed by atoms with van der Waals surface area (Å²) in [4.78, 5) is 16.8. The van der Waals surface area contributed by atoms with Gasteiger partial charge in [0.1, 0.15) is 0 Å². The van der Waals surface area contributed by atoms with Gasteiger partial charge in [-0.3, -0.25) is 9.69 Å². The molecule has 1 aromatic heterocycles. The predicted molar refractivity (Wildman–Crippen MR) is 103 cm³/mol. The molecule has 3 heterocycles. The molecule has 0 spiro atoms. The molecule has 2 unspecified atom stereocenters. The van der Waals surface area contributed by atoms with Gasteiger partial charge in [0.25, 0.3) is 5.91 Å². The Bertz CT molecular complexity index is 713. The highest BCUT2D eigenvalue weighted by molar-refractivity contribution is 7.09. The number of hydrogen-bond donors (Lipinski definition) is 1. The lowest BCUT2D eigenvalue weighted by atomic mass is 9.81. The van der Waals surface area contributed by atoms with E-state index in [9.17, 15) is 4.79 Å². The molecule has 2 fully saturated rings. The fourth-order valence-corrected chi connectivity index (χ4v) is 5.20. The highest BCUT2D eigenvalue weighted by atomic mass is 32.1. The molecule has 132 valence electrons. The Hall–Kier alpha value is -1.65. The molecule has 3 nitrogen and oxygen atoms in total. The van der Waals surface area contributed by atoms with Crippen LogP contribution in [0.3, 0.4) is 0 Å². The molecular weight excluding hydrogens is 328 g/mol. The van der Waals surface area contributed by atoms with Gasteiger partial charge >= 0.3 is 0 Å². The fourth-order valence-electron chi connectivity index (χ4n) is 4.49. The molecule has 1 aromatic carbocycles. The van der Waals surface area contributed by atoms with Crippen molar-refractivity contribution in [3.63, 3.8) is 0 Å². The lowest BCUT2D eigenvalue weighted by Crippen LogP contribution is -2.56. The van der Waals surface area contributed by atoms with Gasteiger partial charge in [-0.1, -0.05) is 30.2 Å². The summed E-state index contributed by atoms with van der Waals surface area (Å²) in [6.07, 6.45) is 6.02. The molecule has 4 heteroatoms. The highest BCUT2D eigenvalue weighted by Crippen LogP contribution is 2.35. The highest BCUT2D eigenvalue weighted by Gasteiger charge is 2.38. The van der Waals surface area contributed by atoms with Crippen LogP contribution in [0.4, 0.5) is 0 Å². The predicted octanol–water partition coefficient (Wildman–Crippen LogP) is 4.37. The molecule has 2 aliphatic heterocycles. The largest absolute Gasteiger partial charge is 0.349 e. The summed E-state index contributed by atoms with van der Waals surface area (Å²) in [5.74, 6) is 0.0819. The van der Waals surface area contributed by atoms with Gasteiger partial charge in [0, 0.05) is 35.1 Å². The first-order chi connectivity index (χ1) is 12.2. The van der Waals surface area contributed by atoms with Crippen molar-refractivity contribution in [2.45, 2.75) is 63.7 Å². The van der Waals surface area contributed by atoms with E-state index in [4.69, 9.17) is 0 Å². The Balaban J connectivity index is 1.42. The van der Waals surface area contributed by atoms with Crippen molar-refractivity contribution in [1.29, 1.82) is 0 Å². The maximum absolute atomic E-state index is 12.6. The molecule has 0 aliphatic carbocycles. The Morgan fingerprint density at radius 1 is 1.20 bits per heavy atom. The summed E-state index contributed by atoms with van der Waals surface area (Å²) < 4.78 is 0. The quantitative estimate of drug-likeness (QED) is 0.884. The van der Waals surface area contributed by atoms with E-state index in [0.717, 1.165) is 30.5 Å². The second-order valence-electron chi connectivity index (χ2n) is 7.50. The molecule has 4 rings (SSSR count). The first-order valence-corrected chi connectivity index (χ1v) is 10.2. The van der Waals surface area contributed by atoms with Crippen molar-refractivity contribution in [2.75, 3.05) is 0 Å². The van der Waals surface area contributed by atoms with E-state index in [1.807, 2.05) is 42.5 Å². The van der Waals surface area contributed by atoms with Crippen LogP contribution in [-0.4, -0.2) is 28.9 Å². The number of aryl methyl sites for hydroxylation is 1. The van der Waals surface area contributed by atoms with Crippen LogP contribution in [0, 0.1) is 6.92 Å². The monoisotopic (exact) mass is 354 g/mol. The zero-order valence-corrected chi connectivity index (χ0v) is 15.6. The third-order valence-electron chi connectivity index (χ3n) is 5.66. The van der Waals surface area contributed by atoms with E-state index in [0.29, 0.717) is 18.1 Å². The van der Waals surface area contributed by atoms with Gasteiger partial charge in [0.05, 0.1) is 0 Å². The van der Waals surface area contributed by atoms with Crippen molar-refractivity contribution >= 4 is 17.2 Å². The molecular formula is C21H26N2OS. The van der Waals surface area contributed by atoms with Gasteiger partial charge < -0.3 is 5.32 Å². The lowest BCUT2D eigenvalue weighted by Gasteiger charge is -2.49. The maximum Gasteiger partial charge on any atom is 0.251 e. The number of nitrogens with one attached hydrogen (secondary N) is 1. The third-order valence-corrected chi connectivity index (χ3v) is 6.52. The number of benzene rings is 1. The molecule has 2 saturated heterocycles. The number of nitrogens with zero attached hydrogens (tertiary/aromatic N) is 1. The van der Waals surface area contributed by atoms with Gasteiger partial charge in [-0.15, -0.1) is 11.3 Å². The minimum absolute atomic E-state index is 0.0819. The second kappa shape index (κ2) is 7.30. The van der Waals surface area contributed by atoms with Gasteiger partial charge in [0.15, 0.2) is 0 Å². The van der Waals surface area contributed by atoms with Crippen molar-refractivity contribution in [1.82, 2.24) is 10.2 Å². The third kappa shape index (κ3) is 3.80. The van der Waals surface area contributed by atoms with Gasteiger partial charge in [0.2, 0.25) is 0 Å². The average Bonchev–Trinajstić information content (AvgIpc) is 3.08. The average molecular weight is 355 g/mol. The summed E-state index contributed by atoms with van der Waals surface area (Å²) >= 11 is 1.85. The Labute approximate surface area is 154 Å². The molecule has 2 aromatic rings. The standard InChI is InChI=1S/C21H26N2OS/c1-15-5-2-6-16(11-15)21(24)22-17-12-18-7-3-8-19(13-17)23(18)14-20-9-4-10-25-20/h2,4-6,9-11,17-19H,3,7-8,12-14H2,1H3,(H,22,24). The molecule has 2 aliphatic rings. The van der Waals surface area contributed by atoms with E-state index in [2.05, 4.69) is 27.7 Å². The SMILES string of the molecule is Cc1cccc(C(=O)NC2CC3CCCC(C2)N3Cc2cccs2)c1. The van der Waals surface area contributed by atoms with Crippen LogP contribution < -0.4 is 5.32 Å². The topological polar surface area (TPSA) is 32.3 Å². The number of thiophene rings is 1. The summed E-state index contributed by atoms with van der Waals surface area (Å²) in [7, 11) is 0. The number of hydrogen-bond acceptors (Lipinski definition) is 3. The normalized spacial score (nSPS) is 26.4. The van der Waals surface area contributed by atoms with Crippen LogP contribution in [0.2, 0.25) is 0 Å². The molecule has 0 radical (unpaired) electrons. The summed E-state index contributed by atoms with van der Waals surface area (Å²) in [6.45, 7) is 3.11. The Kier molecular flexibility index (Phi) is 4.91. The summed E-state index contributed by atoms with van der Waals surface area (Å²) in [6, 6.07) is 13.8. The van der Waals surface area contributed by atoms with Crippen molar-refractivity contribution < 1.29 is 4.79 Å². The van der Waals surface area contributed by atoms with Crippen molar-refractivity contribution in [3.05, 3.63) is 57.8 Å². The molecule has 1 N–H and O–H groups in total. The summed E-state index contributed by atoms with van der Waals surface area (Å²) in [5.41, 5.74) is 1.92. The van der Waals surface area contributed by atoms with Gasteiger partial charge in [-0.05, 0) is 56.2 Å². The zero-order chi connectivity index (χ0) is 17.2. The van der Waals surface area contributed by atoms with E-state index >= 15 is 0 Å². The van der Waals surface area contributed by atoms with Gasteiger partial charge in [-0.2, -0.15) is 0 Å². The van der Waals surface area contributed by atoms with Crippen molar-refractivity contribution in [3.8, 4) is 0 Å². The number of amides is 1. The van der Waals surface area contributed by atoms with E-state index < -0.39 is 0 Å². The van der Waals surface area contributed by atoms with Crippen LogP contribution in [0.5, 0.6) is 0 Å². The minimum Gasteiger partial charge on any atom is -0.349 e. The number of carbonyl (C=O) groups is 1. The first-order valence-electron chi connectivity index (χ1n) is 9.35. The van der Waals surface area contributed by atoms with Gasteiger partial charge in [-0.25, -0.2) is 0 Å². The van der Waals surface area contributed by atoms with Crippen LogP contribution >= 0.6 is 11.3 Å². The Morgan fingerprint density at radius 3 is 2.68 bits per heavy atom. The number of carbonyl (C=O) groups excluding carboxylic acids is 1. The second-order valence-corrected chi connectivity index (χ2v) is 8.53. The van der Waals surface area contributed by atoms with E-state index in [1.54, 1.807) is 0 Å². The molecule has 25 heavy (non-hydrogen) atoms. The smallest absolute Gasteiger partial charge is 0.251 e. The molecule has 1 amide bonds. The lowest BCUT2D eigenvalue weighted by molar-refractivity contribution is 0.0184. The first kappa shape index (κ1) is 16.8. The molecule has 2 bridgehead atoms. The van der Waals surface area contributed by atoms with Crippen LogP contribution in [0.25, 0.3) is 0 Å². The molecule has 0 saturated carbocycles. The van der Waals surface area contributed by atoms with Crippen LogP contribution in [-0.2, 0) is 6.54 Å². The van der Waals surface area contributed by atoms with Crippen molar-refractivity contribution in [2.24, 2.45) is 0 Å². The van der Waals surface area contributed by atoms with Crippen LogP contribution in [0.1, 0.15) is 52.9 Å². The van der Waals surface area contributed by atoms with E-state index in [1.165, 1.54) is 24.1 Å². The Morgan fingerprint density at radius 2 is 2.00 bits per heavy atom. The summed E-state index contributed by atoms with van der Waals surface area (Å²) in [5, 5.41) is 5.47. The van der Waals surface area contributed by atoms with E-state index in [-0.39, 0.29) is 5.91 Å². The number of rotatable bonds is 4. The maximum atomic E-state index is 12.6. The molecule has 2 atom stereocenters. The number of piperidine rings is 2. The minimum atomic E-state index is 0.0819. The van der Waals surface area contributed by atoms with Crippen LogP contribution in [0.15, 0.2) is 41.8 Å². The zero-order valence-electron chi connectivity index (χ0n) is 14.8. The fraction of sp³-hybridized carbons (Fsp3) is 0.476. The number of fused-ring (bicyclic) bond motifs is 2.